The lowest BCUT2D eigenvalue weighted by Gasteiger charge is -2.17. The Labute approximate surface area is 231 Å². The van der Waals surface area contributed by atoms with Crippen molar-refractivity contribution in [1.82, 2.24) is 10.0 Å². The molecule has 3 N–H and O–H groups in total. The first-order valence-electron chi connectivity index (χ1n) is 12.6. The molecule has 4 rings (SSSR count). The molecule has 0 aromatic heterocycles. The van der Waals surface area contributed by atoms with E-state index in [1.54, 1.807) is 6.07 Å². The summed E-state index contributed by atoms with van der Waals surface area (Å²) in [6, 6.07) is 22.9. The molecule has 7 nitrogen and oxygen atoms in total. The second-order valence-corrected chi connectivity index (χ2v) is 11.2. The van der Waals surface area contributed by atoms with Crippen molar-refractivity contribution in [2.75, 3.05) is 26.0 Å². The number of aliphatic hydroxyl groups excluding tert-OH is 1. The third-order valence-electron chi connectivity index (χ3n) is 6.63. The van der Waals surface area contributed by atoms with E-state index in [2.05, 4.69) is 10.0 Å². The van der Waals surface area contributed by atoms with E-state index >= 15 is 0 Å². The zero-order chi connectivity index (χ0) is 26.3. The van der Waals surface area contributed by atoms with Crippen LogP contribution < -0.4 is 14.8 Å². The van der Waals surface area contributed by atoms with E-state index in [9.17, 15) is 18.3 Å². The van der Waals surface area contributed by atoms with Crippen LogP contribution in [0.1, 0.15) is 59.2 Å². The molecule has 0 unspecified atom stereocenters. The van der Waals surface area contributed by atoms with Crippen molar-refractivity contribution >= 4 is 28.3 Å². The third-order valence-corrected chi connectivity index (χ3v) is 7.18. The van der Waals surface area contributed by atoms with Crippen LogP contribution >= 0.6 is 12.4 Å². The summed E-state index contributed by atoms with van der Waals surface area (Å²) < 4.78 is 31.2. The Bertz CT molecular complexity index is 1290. The number of ether oxygens (including phenoxy) is 1. The van der Waals surface area contributed by atoms with Crippen molar-refractivity contribution in [1.29, 1.82) is 0 Å². The summed E-state index contributed by atoms with van der Waals surface area (Å²) >= 11 is 0. The number of hydrogen-bond acceptors (Lipinski definition) is 6. The average molecular weight is 559 g/mol. The molecule has 0 radical (unpaired) electrons. The van der Waals surface area contributed by atoms with Crippen molar-refractivity contribution in [2.45, 2.75) is 37.7 Å². The highest BCUT2D eigenvalue weighted by atomic mass is 35.5. The highest BCUT2D eigenvalue weighted by Crippen LogP contribution is 2.38. The van der Waals surface area contributed by atoms with E-state index in [0.717, 1.165) is 59.9 Å². The van der Waals surface area contributed by atoms with Gasteiger partial charge < -0.3 is 15.2 Å². The number of benzene rings is 3. The van der Waals surface area contributed by atoms with Gasteiger partial charge in [-0.3, -0.25) is 4.79 Å². The predicted molar refractivity (Wildman–Crippen MR) is 152 cm³/mol. The molecule has 1 fully saturated rings. The summed E-state index contributed by atoms with van der Waals surface area (Å²) in [5.74, 6) is 0.412. The Morgan fingerprint density at radius 1 is 1.00 bits per heavy atom. The molecule has 0 bridgehead atoms. The molecule has 9 heteroatoms. The molecule has 1 amide bonds. The number of aliphatic hydroxyl groups is 1. The van der Waals surface area contributed by atoms with Crippen LogP contribution in [-0.4, -0.2) is 45.4 Å². The van der Waals surface area contributed by atoms with Gasteiger partial charge in [0.25, 0.3) is 5.91 Å². The normalized spacial score (nSPS) is 14.5. The van der Waals surface area contributed by atoms with Gasteiger partial charge in [-0.05, 0) is 59.2 Å². The summed E-state index contributed by atoms with van der Waals surface area (Å²) in [7, 11) is -3.64. The topological polar surface area (TPSA) is 105 Å². The van der Waals surface area contributed by atoms with Crippen LogP contribution in [0.2, 0.25) is 0 Å². The highest BCUT2D eigenvalue weighted by Gasteiger charge is 2.24. The van der Waals surface area contributed by atoms with Gasteiger partial charge in [-0.15, -0.1) is 12.4 Å². The van der Waals surface area contributed by atoms with Gasteiger partial charge in [0.05, 0.1) is 12.4 Å². The molecular formula is C29H35ClN2O5S. The lowest BCUT2D eigenvalue weighted by Crippen LogP contribution is -2.30. The van der Waals surface area contributed by atoms with E-state index in [4.69, 9.17) is 4.74 Å². The van der Waals surface area contributed by atoms with Gasteiger partial charge in [0.2, 0.25) is 10.0 Å². The van der Waals surface area contributed by atoms with Gasteiger partial charge in [0, 0.05) is 18.7 Å². The first kappa shape index (κ1) is 29.6. The molecule has 204 valence electrons. The van der Waals surface area contributed by atoms with Gasteiger partial charge in [-0.1, -0.05) is 67.4 Å². The SMILES string of the molecule is CS(=O)(=O)NC(=O)c1ccc(-c2ccc(OCCNC[C@@H](O)c3ccccc3)cc2)cc1C1CCCC1.Cl. The predicted octanol–water partition coefficient (Wildman–Crippen LogP) is 4.82. The van der Waals surface area contributed by atoms with E-state index in [1.165, 1.54) is 0 Å². The quantitative estimate of drug-likeness (QED) is 0.291. The number of halogens is 1. The lowest BCUT2D eigenvalue weighted by atomic mass is 9.89. The second-order valence-electron chi connectivity index (χ2n) is 9.49. The van der Waals surface area contributed by atoms with Crippen LogP contribution in [-0.2, 0) is 10.0 Å². The Morgan fingerprint density at radius 2 is 1.66 bits per heavy atom. The Kier molecular flexibility index (Phi) is 10.7. The lowest BCUT2D eigenvalue weighted by molar-refractivity contribution is 0.0980. The minimum Gasteiger partial charge on any atom is -0.492 e. The number of rotatable bonds is 11. The van der Waals surface area contributed by atoms with Gasteiger partial charge in [-0.2, -0.15) is 0 Å². The molecule has 1 saturated carbocycles. The number of amides is 1. The number of carbonyl (C=O) groups excluding carboxylic acids is 1. The maximum absolute atomic E-state index is 12.7. The van der Waals surface area contributed by atoms with Crippen LogP contribution in [0.25, 0.3) is 11.1 Å². The van der Waals surface area contributed by atoms with E-state index in [-0.39, 0.29) is 18.3 Å². The Morgan fingerprint density at radius 3 is 2.32 bits per heavy atom. The molecule has 0 aliphatic heterocycles. The van der Waals surface area contributed by atoms with Gasteiger partial charge >= 0.3 is 0 Å². The summed E-state index contributed by atoms with van der Waals surface area (Å²) in [6.45, 7) is 1.53. The van der Waals surface area contributed by atoms with Gasteiger partial charge in [0.1, 0.15) is 12.4 Å². The second kappa shape index (κ2) is 13.8. The van der Waals surface area contributed by atoms with Crippen LogP contribution in [0.15, 0.2) is 72.8 Å². The molecule has 0 saturated heterocycles. The maximum atomic E-state index is 12.7. The molecule has 1 aliphatic carbocycles. The van der Waals surface area contributed by atoms with E-state index < -0.39 is 22.0 Å². The van der Waals surface area contributed by atoms with Crippen molar-refractivity contribution in [3.63, 3.8) is 0 Å². The highest BCUT2D eigenvalue weighted by molar-refractivity contribution is 7.89. The van der Waals surface area contributed by atoms with Crippen LogP contribution in [0.4, 0.5) is 0 Å². The monoisotopic (exact) mass is 558 g/mol. The molecule has 0 spiro atoms. The Balaban J connectivity index is 0.00000400. The van der Waals surface area contributed by atoms with Crippen molar-refractivity contribution in [3.8, 4) is 16.9 Å². The molecule has 3 aromatic rings. The largest absolute Gasteiger partial charge is 0.492 e. The van der Waals surface area contributed by atoms with Crippen molar-refractivity contribution in [3.05, 3.63) is 89.5 Å². The fourth-order valence-corrected chi connectivity index (χ4v) is 5.21. The molecular weight excluding hydrogens is 524 g/mol. The molecule has 1 aliphatic rings. The van der Waals surface area contributed by atoms with Crippen molar-refractivity contribution < 1.29 is 23.1 Å². The van der Waals surface area contributed by atoms with Crippen LogP contribution in [0.3, 0.4) is 0 Å². The summed E-state index contributed by atoms with van der Waals surface area (Å²) in [5.41, 5.74) is 4.17. The summed E-state index contributed by atoms with van der Waals surface area (Å²) in [6.07, 6.45) is 4.63. The average Bonchev–Trinajstić information content (AvgIpc) is 3.43. The van der Waals surface area contributed by atoms with E-state index in [0.29, 0.717) is 25.3 Å². The number of hydrogen-bond donors (Lipinski definition) is 3. The molecule has 1 atom stereocenters. The number of carbonyl (C=O) groups is 1. The zero-order valence-electron chi connectivity index (χ0n) is 21.4. The number of sulfonamides is 1. The minimum atomic E-state index is -3.64. The molecule has 0 heterocycles. The smallest absolute Gasteiger partial charge is 0.265 e. The third kappa shape index (κ3) is 8.30. The minimum absolute atomic E-state index is 0. The first-order chi connectivity index (χ1) is 17.8. The van der Waals surface area contributed by atoms with Crippen LogP contribution in [0, 0.1) is 0 Å². The Hall–Kier alpha value is -2.91. The number of nitrogens with one attached hydrogen (secondary N) is 2. The fourth-order valence-electron chi connectivity index (χ4n) is 4.76. The zero-order valence-corrected chi connectivity index (χ0v) is 23.1. The van der Waals surface area contributed by atoms with Gasteiger partial charge in [-0.25, -0.2) is 13.1 Å². The van der Waals surface area contributed by atoms with Crippen LogP contribution in [0.5, 0.6) is 5.75 Å². The first-order valence-corrected chi connectivity index (χ1v) is 14.5. The van der Waals surface area contributed by atoms with Gasteiger partial charge in [0.15, 0.2) is 0 Å². The standard InChI is InChI=1S/C29H34N2O5S.ClH/c1-37(34,35)31-29(33)26-16-13-24(19-27(26)22-7-5-6-8-22)21-11-14-25(15-12-21)36-18-17-30-20-28(32)23-9-3-2-4-10-23;/h2-4,9-16,19,22,28,30,32H,5-8,17-18,20H2,1H3,(H,31,33);1H/t28-;/m1./s1. The van der Waals surface area contributed by atoms with E-state index in [1.807, 2.05) is 66.7 Å². The maximum Gasteiger partial charge on any atom is 0.265 e. The fraction of sp³-hybridized carbons (Fsp3) is 0.345. The van der Waals surface area contributed by atoms with Crippen molar-refractivity contribution in [2.24, 2.45) is 0 Å². The summed E-state index contributed by atoms with van der Waals surface area (Å²) in [5, 5.41) is 13.4. The molecule has 3 aromatic carbocycles. The summed E-state index contributed by atoms with van der Waals surface area (Å²) in [4.78, 5) is 12.7. The molecule has 38 heavy (non-hydrogen) atoms.